The summed E-state index contributed by atoms with van der Waals surface area (Å²) in [5.74, 6) is -0.138. The van der Waals surface area contributed by atoms with Crippen LogP contribution < -0.4 is 5.32 Å². The minimum absolute atomic E-state index is 0.138. The molecule has 1 rings (SSSR count). The monoisotopic (exact) mass is 204 g/mol. The van der Waals surface area contributed by atoms with E-state index in [1.807, 2.05) is 25.1 Å². The summed E-state index contributed by atoms with van der Waals surface area (Å²) in [5, 5.41) is 6.00. The Balaban J connectivity index is 2.54. The Labute approximate surface area is 87.7 Å². The zero-order chi connectivity index (χ0) is 11.1. The van der Waals surface area contributed by atoms with Crippen molar-refractivity contribution in [3.05, 3.63) is 45.8 Å². The Bertz CT molecular complexity index is 396. The van der Waals surface area contributed by atoms with Gasteiger partial charge >= 0.3 is 0 Å². The maximum atomic E-state index is 11.6. The van der Waals surface area contributed by atoms with Gasteiger partial charge in [-0.15, -0.1) is 0 Å². The first-order valence-electron chi connectivity index (χ1n) is 4.60. The highest BCUT2D eigenvalue weighted by Crippen LogP contribution is 2.05. The predicted octanol–water partition coefficient (Wildman–Crippen LogP) is 2.04. The molecule has 0 spiro atoms. The molecule has 0 aliphatic rings. The fourth-order valence-electron chi connectivity index (χ4n) is 1.19. The molecular formula is C10H12N4O. The van der Waals surface area contributed by atoms with Crippen molar-refractivity contribution in [1.29, 1.82) is 0 Å². The van der Waals surface area contributed by atoms with Crippen LogP contribution in [0, 0.1) is 6.92 Å². The minimum atomic E-state index is -0.138. The molecule has 1 aromatic rings. The summed E-state index contributed by atoms with van der Waals surface area (Å²) in [6.45, 7) is 2.51. The van der Waals surface area contributed by atoms with Crippen molar-refractivity contribution in [3.63, 3.8) is 0 Å². The average molecular weight is 204 g/mol. The molecule has 15 heavy (non-hydrogen) atoms. The lowest BCUT2D eigenvalue weighted by Gasteiger charge is -2.05. The standard InChI is InChI=1S/C10H12N4O/c1-8-4-2-3-5-9(8)10(15)12-6-7-13-14-11/h2-5H,6-7H2,1H3,(H,12,15). The van der Waals surface area contributed by atoms with Crippen LogP contribution in [0.15, 0.2) is 29.4 Å². The molecule has 0 fully saturated rings. The molecule has 0 aromatic heterocycles. The number of azide groups is 1. The SMILES string of the molecule is Cc1ccccc1C(=O)NCCN=[N+]=[N-]. The number of nitrogens with one attached hydrogen (secondary N) is 1. The molecule has 0 saturated heterocycles. The van der Waals surface area contributed by atoms with E-state index in [0.29, 0.717) is 12.1 Å². The molecule has 0 heterocycles. The van der Waals surface area contributed by atoms with Gasteiger partial charge < -0.3 is 5.32 Å². The molecule has 1 amide bonds. The van der Waals surface area contributed by atoms with Crippen LogP contribution in [0.1, 0.15) is 15.9 Å². The number of nitrogens with zero attached hydrogens (tertiary/aromatic N) is 3. The van der Waals surface area contributed by atoms with E-state index in [0.717, 1.165) is 5.56 Å². The van der Waals surface area contributed by atoms with E-state index in [9.17, 15) is 4.79 Å². The summed E-state index contributed by atoms with van der Waals surface area (Å²) in [6, 6.07) is 7.34. The second-order valence-electron chi connectivity index (χ2n) is 3.03. The van der Waals surface area contributed by atoms with E-state index in [4.69, 9.17) is 5.53 Å². The van der Waals surface area contributed by atoms with Crippen molar-refractivity contribution in [3.8, 4) is 0 Å². The molecule has 0 bridgehead atoms. The van der Waals surface area contributed by atoms with Crippen molar-refractivity contribution >= 4 is 5.91 Å². The molecule has 78 valence electrons. The maximum absolute atomic E-state index is 11.6. The van der Waals surface area contributed by atoms with Crippen LogP contribution in [0.4, 0.5) is 0 Å². The first-order chi connectivity index (χ1) is 7.25. The summed E-state index contributed by atoms with van der Waals surface area (Å²) in [6.07, 6.45) is 0. The van der Waals surface area contributed by atoms with Gasteiger partial charge in [-0.3, -0.25) is 4.79 Å². The fraction of sp³-hybridized carbons (Fsp3) is 0.300. The highest BCUT2D eigenvalue weighted by atomic mass is 16.1. The fourth-order valence-corrected chi connectivity index (χ4v) is 1.19. The lowest BCUT2D eigenvalue weighted by Crippen LogP contribution is -2.26. The Kier molecular flexibility index (Phi) is 4.19. The summed E-state index contributed by atoms with van der Waals surface area (Å²) in [7, 11) is 0. The summed E-state index contributed by atoms with van der Waals surface area (Å²) in [4.78, 5) is 14.2. The van der Waals surface area contributed by atoms with Gasteiger partial charge in [0.05, 0.1) is 0 Å². The molecule has 0 saturated carbocycles. The van der Waals surface area contributed by atoms with Crippen LogP contribution in [0.2, 0.25) is 0 Å². The third kappa shape index (κ3) is 3.32. The van der Waals surface area contributed by atoms with Crippen LogP contribution in [0.25, 0.3) is 10.4 Å². The highest BCUT2D eigenvalue weighted by molar-refractivity contribution is 5.95. The summed E-state index contributed by atoms with van der Waals surface area (Å²) < 4.78 is 0. The van der Waals surface area contributed by atoms with Crippen LogP contribution in [0.3, 0.4) is 0 Å². The van der Waals surface area contributed by atoms with Crippen LogP contribution in [-0.4, -0.2) is 19.0 Å². The third-order valence-corrected chi connectivity index (χ3v) is 1.95. The Morgan fingerprint density at radius 2 is 2.27 bits per heavy atom. The summed E-state index contributed by atoms with van der Waals surface area (Å²) >= 11 is 0. The highest BCUT2D eigenvalue weighted by Gasteiger charge is 2.05. The van der Waals surface area contributed by atoms with Gasteiger partial charge in [-0.05, 0) is 24.1 Å². The van der Waals surface area contributed by atoms with Crippen molar-refractivity contribution < 1.29 is 4.79 Å². The molecule has 5 heteroatoms. The number of hydrogen-bond acceptors (Lipinski definition) is 2. The second-order valence-corrected chi connectivity index (χ2v) is 3.03. The molecule has 0 radical (unpaired) electrons. The first-order valence-corrected chi connectivity index (χ1v) is 4.60. The van der Waals surface area contributed by atoms with Crippen molar-refractivity contribution in [2.75, 3.05) is 13.1 Å². The van der Waals surface area contributed by atoms with Crippen molar-refractivity contribution in [2.45, 2.75) is 6.92 Å². The number of rotatable bonds is 4. The molecule has 0 unspecified atom stereocenters. The van der Waals surface area contributed by atoms with E-state index in [2.05, 4.69) is 15.3 Å². The van der Waals surface area contributed by atoms with Gasteiger partial charge in [0.2, 0.25) is 0 Å². The van der Waals surface area contributed by atoms with E-state index >= 15 is 0 Å². The second kappa shape index (κ2) is 5.67. The van der Waals surface area contributed by atoms with E-state index < -0.39 is 0 Å². The first kappa shape index (κ1) is 11.1. The number of carbonyl (C=O) groups is 1. The lowest BCUT2D eigenvalue weighted by molar-refractivity contribution is 0.0954. The lowest BCUT2D eigenvalue weighted by atomic mass is 10.1. The molecule has 5 nitrogen and oxygen atoms in total. The Morgan fingerprint density at radius 1 is 1.53 bits per heavy atom. The molecular weight excluding hydrogens is 192 g/mol. The van der Waals surface area contributed by atoms with Crippen LogP contribution >= 0.6 is 0 Å². The van der Waals surface area contributed by atoms with Crippen LogP contribution in [-0.2, 0) is 0 Å². The Hall–Kier alpha value is -2.00. The minimum Gasteiger partial charge on any atom is -0.352 e. The van der Waals surface area contributed by atoms with Crippen LogP contribution in [0.5, 0.6) is 0 Å². The molecule has 0 aliphatic carbocycles. The predicted molar refractivity (Wildman–Crippen MR) is 57.5 cm³/mol. The molecule has 0 atom stereocenters. The zero-order valence-electron chi connectivity index (χ0n) is 8.47. The molecule has 1 N–H and O–H groups in total. The topological polar surface area (TPSA) is 77.9 Å². The third-order valence-electron chi connectivity index (χ3n) is 1.95. The number of hydrogen-bond donors (Lipinski definition) is 1. The number of benzene rings is 1. The summed E-state index contributed by atoms with van der Waals surface area (Å²) in [5.41, 5.74) is 9.62. The zero-order valence-corrected chi connectivity index (χ0v) is 8.47. The van der Waals surface area contributed by atoms with E-state index in [1.165, 1.54) is 0 Å². The molecule has 1 aromatic carbocycles. The smallest absolute Gasteiger partial charge is 0.251 e. The normalized spacial score (nSPS) is 9.13. The quantitative estimate of drug-likeness (QED) is 0.346. The van der Waals surface area contributed by atoms with Gasteiger partial charge in [0.25, 0.3) is 5.91 Å². The van der Waals surface area contributed by atoms with Gasteiger partial charge in [0.1, 0.15) is 0 Å². The number of aryl methyl sites for hydroxylation is 1. The van der Waals surface area contributed by atoms with Gasteiger partial charge in [0.15, 0.2) is 0 Å². The average Bonchev–Trinajstić information content (AvgIpc) is 2.25. The van der Waals surface area contributed by atoms with E-state index in [1.54, 1.807) is 6.07 Å². The number of carbonyl (C=O) groups excluding carboxylic acids is 1. The Morgan fingerprint density at radius 3 is 2.93 bits per heavy atom. The molecule has 0 aliphatic heterocycles. The van der Waals surface area contributed by atoms with Gasteiger partial charge in [-0.1, -0.05) is 23.3 Å². The maximum Gasteiger partial charge on any atom is 0.251 e. The van der Waals surface area contributed by atoms with E-state index in [-0.39, 0.29) is 12.5 Å². The van der Waals surface area contributed by atoms with Gasteiger partial charge in [-0.25, -0.2) is 0 Å². The van der Waals surface area contributed by atoms with Crippen molar-refractivity contribution in [2.24, 2.45) is 5.11 Å². The van der Waals surface area contributed by atoms with Gasteiger partial charge in [0, 0.05) is 23.6 Å². The van der Waals surface area contributed by atoms with Gasteiger partial charge in [-0.2, -0.15) is 0 Å². The largest absolute Gasteiger partial charge is 0.352 e. The number of amides is 1. The van der Waals surface area contributed by atoms with Crippen molar-refractivity contribution in [1.82, 2.24) is 5.32 Å².